The van der Waals surface area contributed by atoms with Crippen molar-refractivity contribution < 1.29 is 40.9 Å². The zero-order valence-electron chi connectivity index (χ0n) is 27.1. The van der Waals surface area contributed by atoms with Gasteiger partial charge in [0.15, 0.2) is 0 Å². The van der Waals surface area contributed by atoms with Crippen LogP contribution in [0, 0.1) is 0 Å². The van der Waals surface area contributed by atoms with Gasteiger partial charge >= 0.3 is 0 Å². The fraction of sp³-hybridized carbons (Fsp3) is 0.444. The van der Waals surface area contributed by atoms with Crippen molar-refractivity contribution in [3.63, 3.8) is 0 Å². The number of fused-ring (bicyclic) bond motifs is 8. The first-order valence-electron chi connectivity index (χ1n) is 16.6. The van der Waals surface area contributed by atoms with Crippen molar-refractivity contribution in [1.29, 1.82) is 0 Å². The summed E-state index contributed by atoms with van der Waals surface area (Å²) in [6.07, 6.45) is 2.39. The van der Waals surface area contributed by atoms with Crippen molar-refractivity contribution in [2.45, 2.75) is 51.4 Å². The van der Waals surface area contributed by atoms with E-state index in [0.29, 0.717) is 70.5 Å². The molecule has 0 fully saturated rings. The monoisotopic (exact) mass is 662 g/mol. The Hall–Kier alpha value is -3.72. The third-order valence-electron chi connectivity index (χ3n) is 9.03. The summed E-state index contributed by atoms with van der Waals surface area (Å²) in [7, 11) is 0. The molecular formula is C36H46N4O8. The van der Waals surface area contributed by atoms with Crippen LogP contribution in [0.4, 0.5) is 0 Å². The van der Waals surface area contributed by atoms with Gasteiger partial charge in [-0.25, -0.2) is 9.97 Å². The Kier molecular flexibility index (Phi) is 12.3. The van der Waals surface area contributed by atoms with Gasteiger partial charge in [0.2, 0.25) is 0 Å². The number of aliphatic hydroxyl groups is 8. The van der Waals surface area contributed by atoms with Crippen LogP contribution in [-0.2, 0) is 25.7 Å². The largest absolute Gasteiger partial charge is 0.396 e. The quantitative estimate of drug-likeness (QED) is 0.107. The summed E-state index contributed by atoms with van der Waals surface area (Å²) >= 11 is 0. The van der Waals surface area contributed by atoms with E-state index in [1.54, 1.807) is 0 Å². The van der Waals surface area contributed by atoms with Crippen molar-refractivity contribution in [2.75, 3.05) is 52.9 Å². The molecule has 2 aliphatic heterocycles. The molecule has 0 aliphatic carbocycles. The molecule has 0 unspecified atom stereocenters. The topological polar surface area (TPSA) is 219 Å². The molecule has 3 aromatic heterocycles. The highest BCUT2D eigenvalue weighted by atomic mass is 16.3. The van der Waals surface area contributed by atoms with Gasteiger partial charge in [0, 0.05) is 74.9 Å². The number of hydrogen-bond donors (Lipinski definition) is 10. The summed E-state index contributed by atoms with van der Waals surface area (Å²) in [5, 5.41) is 80.5. The van der Waals surface area contributed by atoms with E-state index in [1.165, 1.54) is 0 Å². The standard InChI is InChI=1S/C36H46N4O8/c41-9-1-21-22(2-10-42)30-18-32-25(5-13-45)26(6-14-46)34(39-32)20-36-28(8-16-48)27(7-15-47)35(40-36)19-33-24(4-12-44)23(3-11-43)31(38-33)17-29(21)37-30/h17-20,37-38,41-48H,1-16H2. The maximum absolute atomic E-state index is 10.1. The van der Waals surface area contributed by atoms with Gasteiger partial charge in [0.05, 0.1) is 22.8 Å². The van der Waals surface area contributed by atoms with Gasteiger partial charge in [-0.3, -0.25) is 0 Å². The van der Waals surface area contributed by atoms with Gasteiger partial charge in [-0.2, -0.15) is 0 Å². The second-order valence-electron chi connectivity index (χ2n) is 11.9. The molecule has 0 saturated carbocycles. The first-order chi connectivity index (χ1) is 23.5. The smallest absolute Gasteiger partial charge is 0.0695 e. The van der Waals surface area contributed by atoms with Crippen LogP contribution in [0.5, 0.6) is 0 Å². The number of H-pyrrole nitrogens is 2. The Bertz CT molecular complexity index is 1710. The van der Waals surface area contributed by atoms with E-state index >= 15 is 0 Å². The molecule has 5 rings (SSSR count). The van der Waals surface area contributed by atoms with Gasteiger partial charge in [0.25, 0.3) is 0 Å². The highest BCUT2D eigenvalue weighted by molar-refractivity contribution is 5.96. The van der Waals surface area contributed by atoms with E-state index in [-0.39, 0.29) is 78.5 Å². The molecule has 0 saturated heterocycles. The predicted octanol–water partition coefficient (Wildman–Crippen LogP) is 1.81. The normalized spacial score (nSPS) is 13.3. The fourth-order valence-electron chi connectivity index (χ4n) is 7.06. The molecule has 258 valence electrons. The number of aromatic nitrogens is 4. The Morgan fingerprint density at radius 2 is 0.583 bits per heavy atom. The lowest BCUT2D eigenvalue weighted by molar-refractivity contribution is 0.294. The van der Waals surface area contributed by atoms with Crippen LogP contribution >= 0.6 is 0 Å². The Labute approximate surface area is 278 Å². The third-order valence-corrected chi connectivity index (χ3v) is 9.03. The van der Waals surface area contributed by atoms with Crippen LogP contribution in [0.2, 0.25) is 0 Å². The van der Waals surface area contributed by atoms with Crippen molar-refractivity contribution >= 4 is 44.4 Å². The van der Waals surface area contributed by atoms with Crippen molar-refractivity contribution in [3.05, 3.63) is 69.3 Å². The summed E-state index contributed by atoms with van der Waals surface area (Å²) in [6.45, 7) is -1.09. The Balaban J connectivity index is 2.03. The van der Waals surface area contributed by atoms with Gasteiger partial charge in [-0.15, -0.1) is 0 Å². The number of rotatable bonds is 16. The molecule has 0 amide bonds. The maximum atomic E-state index is 10.1. The number of hydrogen-bond acceptors (Lipinski definition) is 10. The Morgan fingerprint density at radius 3 is 0.854 bits per heavy atom. The molecule has 12 nitrogen and oxygen atoms in total. The SMILES string of the molecule is OCCC1=C(CCO)c2cc3[nH]c(cc4[nH]c(cc5nc(cc1n2)C(CCO)=C5CCO)c(CCO)c4CCO)c(CCO)c3CCO. The van der Waals surface area contributed by atoms with Gasteiger partial charge < -0.3 is 50.8 Å². The lowest BCUT2D eigenvalue weighted by Gasteiger charge is -2.07. The molecular weight excluding hydrogens is 616 g/mol. The summed E-state index contributed by atoms with van der Waals surface area (Å²) in [5.41, 5.74) is 11.4. The average molecular weight is 663 g/mol. The molecule has 3 aromatic rings. The van der Waals surface area contributed by atoms with Crippen LogP contribution < -0.4 is 0 Å². The summed E-state index contributed by atoms with van der Waals surface area (Å²) in [5.74, 6) is 0. The Morgan fingerprint density at radius 1 is 0.333 bits per heavy atom. The van der Waals surface area contributed by atoms with Crippen LogP contribution in [-0.4, -0.2) is 114 Å². The van der Waals surface area contributed by atoms with E-state index in [0.717, 1.165) is 44.5 Å². The van der Waals surface area contributed by atoms with Gasteiger partial charge in [-0.05, 0) is 120 Å². The molecule has 48 heavy (non-hydrogen) atoms. The average Bonchev–Trinajstić information content (AvgIpc) is 3.75. The number of aromatic amines is 2. The van der Waals surface area contributed by atoms with E-state index in [9.17, 15) is 40.9 Å². The highest BCUT2D eigenvalue weighted by Crippen LogP contribution is 2.39. The minimum absolute atomic E-state index is 0.127. The molecule has 0 aromatic carbocycles. The van der Waals surface area contributed by atoms with E-state index in [2.05, 4.69) is 9.97 Å². The lowest BCUT2D eigenvalue weighted by atomic mass is 9.97. The van der Waals surface area contributed by atoms with E-state index < -0.39 is 0 Å². The number of nitrogens with one attached hydrogen (secondary N) is 2. The van der Waals surface area contributed by atoms with Gasteiger partial charge in [0.1, 0.15) is 0 Å². The zero-order chi connectivity index (χ0) is 34.2. The van der Waals surface area contributed by atoms with E-state index in [1.807, 2.05) is 24.3 Å². The van der Waals surface area contributed by atoms with Crippen LogP contribution in [0.3, 0.4) is 0 Å². The first kappa shape index (κ1) is 35.6. The summed E-state index contributed by atoms with van der Waals surface area (Å²) in [6, 6.07) is 7.47. The second kappa shape index (κ2) is 16.6. The van der Waals surface area contributed by atoms with Crippen LogP contribution in [0.15, 0.2) is 24.3 Å². The summed E-state index contributed by atoms with van der Waals surface area (Å²) < 4.78 is 0. The highest BCUT2D eigenvalue weighted by Gasteiger charge is 2.25. The second-order valence-corrected chi connectivity index (χ2v) is 11.9. The molecule has 0 radical (unpaired) electrons. The van der Waals surface area contributed by atoms with Crippen molar-refractivity contribution in [2.24, 2.45) is 0 Å². The molecule has 0 atom stereocenters. The molecule has 2 aliphatic rings. The molecule has 5 heterocycles. The zero-order valence-corrected chi connectivity index (χ0v) is 27.1. The molecule has 10 N–H and O–H groups in total. The third kappa shape index (κ3) is 7.16. The molecule has 0 spiro atoms. The maximum Gasteiger partial charge on any atom is 0.0695 e. The van der Waals surface area contributed by atoms with Crippen LogP contribution in [0.1, 0.15) is 70.7 Å². The van der Waals surface area contributed by atoms with Crippen molar-refractivity contribution in [3.8, 4) is 0 Å². The fourth-order valence-corrected chi connectivity index (χ4v) is 7.06. The van der Waals surface area contributed by atoms with Crippen LogP contribution in [0.25, 0.3) is 44.4 Å². The molecule has 8 bridgehead atoms. The molecule has 12 heteroatoms. The lowest BCUT2D eigenvalue weighted by Crippen LogP contribution is -1.98. The number of nitrogens with zero attached hydrogens (tertiary/aromatic N) is 2. The summed E-state index contributed by atoms with van der Waals surface area (Å²) in [4.78, 5) is 17.0. The number of aliphatic hydroxyl groups excluding tert-OH is 8. The minimum atomic E-state index is -0.145. The predicted molar refractivity (Wildman–Crippen MR) is 185 cm³/mol. The minimum Gasteiger partial charge on any atom is -0.396 e. The first-order valence-corrected chi connectivity index (χ1v) is 16.6. The van der Waals surface area contributed by atoms with E-state index in [4.69, 9.17) is 9.97 Å². The van der Waals surface area contributed by atoms with Crippen molar-refractivity contribution in [1.82, 2.24) is 19.9 Å². The van der Waals surface area contributed by atoms with Gasteiger partial charge in [-0.1, -0.05) is 0 Å².